The molecule has 0 aliphatic carbocycles. The van der Waals surface area contributed by atoms with Crippen molar-refractivity contribution in [2.24, 2.45) is 0 Å². The number of benzene rings is 2. The van der Waals surface area contributed by atoms with Gasteiger partial charge in [-0.2, -0.15) is 0 Å². The molecule has 0 aliphatic heterocycles. The van der Waals surface area contributed by atoms with Crippen molar-refractivity contribution in [2.45, 2.75) is 20.4 Å². The zero-order valence-corrected chi connectivity index (χ0v) is 12.0. The van der Waals surface area contributed by atoms with Crippen molar-refractivity contribution in [3.05, 3.63) is 47.5 Å². The predicted molar refractivity (Wildman–Crippen MR) is 82.6 cm³/mol. The molecule has 5 heteroatoms. The van der Waals surface area contributed by atoms with Crippen LogP contribution < -0.4 is 10.6 Å². The Morgan fingerprint density at radius 2 is 1.90 bits per heavy atom. The molecule has 110 valence electrons. The van der Waals surface area contributed by atoms with E-state index in [1.165, 1.54) is 19.1 Å². The molecule has 0 saturated heterocycles. The summed E-state index contributed by atoms with van der Waals surface area (Å²) in [5, 5.41) is 24.9. The fourth-order valence-electron chi connectivity index (χ4n) is 2.00. The fourth-order valence-corrected chi connectivity index (χ4v) is 2.00. The van der Waals surface area contributed by atoms with Crippen LogP contribution in [0.15, 0.2) is 36.4 Å². The lowest BCUT2D eigenvalue weighted by Crippen LogP contribution is -2.07. The molecule has 0 radical (unpaired) electrons. The van der Waals surface area contributed by atoms with Crippen molar-refractivity contribution < 1.29 is 15.0 Å². The number of aromatic hydroxyl groups is 2. The molecule has 21 heavy (non-hydrogen) atoms. The maximum atomic E-state index is 11.1. The number of phenolic OH excluding ortho intramolecular Hbond substituents is 2. The SMILES string of the molecule is CC(=O)Nc1ccc(NCc2ccc(O)cc2O)cc1C. The quantitative estimate of drug-likeness (QED) is 0.696. The van der Waals surface area contributed by atoms with Gasteiger partial charge in [0.05, 0.1) is 0 Å². The summed E-state index contributed by atoms with van der Waals surface area (Å²) in [5.41, 5.74) is 3.30. The van der Waals surface area contributed by atoms with E-state index >= 15 is 0 Å². The van der Waals surface area contributed by atoms with Crippen molar-refractivity contribution in [2.75, 3.05) is 10.6 Å². The van der Waals surface area contributed by atoms with Crippen LogP contribution in [-0.2, 0) is 11.3 Å². The van der Waals surface area contributed by atoms with Gasteiger partial charge in [-0.15, -0.1) is 0 Å². The fraction of sp³-hybridized carbons (Fsp3) is 0.188. The Morgan fingerprint density at radius 3 is 2.52 bits per heavy atom. The lowest BCUT2D eigenvalue weighted by atomic mass is 10.1. The Bertz CT molecular complexity index is 669. The lowest BCUT2D eigenvalue weighted by molar-refractivity contribution is -0.114. The minimum atomic E-state index is -0.104. The molecule has 2 aromatic carbocycles. The van der Waals surface area contributed by atoms with Gasteiger partial charge in [-0.25, -0.2) is 0 Å². The number of carbonyl (C=O) groups excluding carboxylic acids is 1. The number of carbonyl (C=O) groups is 1. The Kier molecular flexibility index (Phi) is 4.33. The average molecular weight is 286 g/mol. The number of phenols is 2. The van der Waals surface area contributed by atoms with Crippen LogP contribution in [0.3, 0.4) is 0 Å². The Morgan fingerprint density at radius 1 is 1.14 bits per heavy atom. The molecule has 2 aromatic rings. The van der Waals surface area contributed by atoms with Gasteiger partial charge in [0.2, 0.25) is 5.91 Å². The number of amides is 1. The molecule has 0 saturated carbocycles. The predicted octanol–water partition coefficient (Wildman–Crippen LogP) is 2.98. The molecule has 0 spiro atoms. The molecule has 4 N–H and O–H groups in total. The van der Waals surface area contributed by atoms with Crippen LogP contribution in [0.25, 0.3) is 0 Å². The smallest absolute Gasteiger partial charge is 0.221 e. The van der Waals surface area contributed by atoms with Gasteiger partial charge in [0.25, 0.3) is 0 Å². The molecule has 0 fully saturated rings. The van der Waals surface area contributed by atoms with E-state index in [0.717, 1.165) is 16.9 Å². The van der Waals surface area contributed by atoms with Crippen molar-refractivity contribution in [3.8, 4) is 11.5 Å². The molecule has 1 amide bonds. The maximum absolute atomic E-state index is 11.1. The summed E-state index contributed by atoms with van der Waals surface area (Å²) in [6, 6.07) is 10.1. The van der Waals surface area contributed by atoms with Crippen LogP contribution in [0.2, 0.25) is 0 Å². The third kappa shape index (κ3) is 3.89. The third-order valence-corrected chi connectivity index (χ3v) is 3.09. The first-order valence-electron chi connectivity index (χ1n) is 6.58. The van der Waals surface area contributed by atoms with E-state index in [0.29, 0.717) is 12.1 Å². The second-order valence-electron chi connectivity index (χ2n) is 4.88. The molecule has 0 bridgehead atoms. The zero-order chi connectivity index (χ0) is 15.4. The van der Waals surface area contributed by atoms with Gasteiger partial charge in [0, 0.05) is 36.5 Å². The van der Waals surface area contributed by atoms with Crippen LogP contribution >= 0.6 is 0 Å². The van der Waals surface area contributed by atoms with E-state index in [-0.39, 0.29) is 17.4 Å². The second kappa shape index (κ2) is 6.17. The van der Waals surface area contributed by atoms with Gasteiger partial charge in [0.15, 0.2) is 0 Å². The monoisotopic (exact) mass is 286 g/mol. The molecule has 0 atom stereocenters. The number of aryl methyl sites for hydroxylation is 1. The van der Waals surface area contributed by atoms with Crippen molar-refractivity contribution in [3.63, 3.8) is 0 Å². The summed E-state index contributed by atoms with van der Waals surface area (Å²) in [6.07, 6.45) is 0. The standard InChI is InChI=1S/C16H18N2O3/c1-10-7-13(4-6-15(10)18-11(2)19)17-9-12-3-5-14(20)8-16(12)21/h3-8,17,20-21H,9H2,1-2H3,(H,18,19). The molecule has 0 aromatic heterocycles. The van der Waals surface area contributed by atoms with Gasteiger partial charge in [0.1, 0.15) is 11.5 Å². The summed E-state index contributed by atoms with van der Waals surface area (Å²) < 4.78 is 0. The molecule has 0 heterocycles. The van der Waals surface area contributed by atoms with E-state index < -0.39 is 0 Å². The first kappa shape index (κ1) is 14.7. The molecule has 2 rings (SSSR count). The van der Waals surface area contributed by atoms with Crippen LogP contribution in [0, 0.1) is 6.92 Å². The van der Waals surface area contributed by atoms with Crippen LogP contribution in [0.1, 0.15) is 18.1 Å². The Balaban J connectivity index is 2.06. The molecule has 5 nitrogen and oxygen atoms in total. The summed E-state index contributed by atoms with van der Waals surface area (Å²) in [7, 11) is 0. The van der Waals surface area contributed by atoms with Gasteiger partial charge in [-0.3, -0.25) is 4.79 Å². The molecule has 0 unspecified atom stereocenters. The van der Waals surface area contributed by atoms with Gasteiger partial charge in [-0.05, 0) is 42.8 Å². The minimum absolute atomic E-state index is 0.0340. The number of anilines is 2. The largest absolute Gasteiger partial charge is 0.508 e. The highest BCUT2D eigenvalue weighted by Gasteiger charge is 2.04. The summed E-state index contributed by atoms with van der Waals surface area (Å²) >= 11 is 0. The van der Waals surface area contributed by atoms with Crippen molar-refractivity contribution in [1.29, 1.82) is 0 Å². The normalized spacial score (nSPS) is 10.2. The van der Waals surface area contributed by atoms with Crippen molar-refractivity contribution >= 4 is 17.3 Å². The summed E-state index contributed by atoms with van der Waals surface area (Å²) in [6.45, 7) is 3.82. The number of hydrogen-bond acceptors (Lipinski definition) is 4. The maximum Gasteiger partial charge on any atom is 0.221 e. The number of hydrogen-bond donors (Lipinski definition) is 4. The Labute approximate surface area is 123 Å². The van der Waals surface area contributed by atoms with E-state index in [9.17, 15) is 15.0 Å². The minimum Gasteiger partial charge on any atom is -0.508 e. The molecular formula is C16H18N2O3. The highest BCUT2D eigenvalue weighted by atomic mass is 16.3. The van der Waals surface area contributed by atoms with Gasteiger partial charge < -0.3 is 20.8 Å². The number of rotatable bonds is 4. The van der Waals surface area contributed by atoms with E-state index in [1.54, 1.807) is 6.07 Å². The van der Waals surface area contributed by atoms with Crippen LogP contribution in [0.5, 0.6) is 11.5 Å². The highest BCUT2D eigenvalue weighted by Crippen LogP contribution is 2.24. The van der Waals surface area contributed by atoms with E-state index in [4.69, 9.17) is 0 Å². The second-order valence-corrected chi connectivity index (χ2v) is 4.88. The lowest BCUT2D eigenvalue weighted by Gasteiger charge is -2.12. The van der Waals surface area contributed by atoms with E-state index in [2.05, 4.69) is 10.6 Å². The average Bonchev–Trinajstić information content (AvgIpc) is 2.40. The highest BCUT2D eigenvalue weighted by molar-refractivity contribution is 5.89. The topological polar surface area (TPSA) is 81.6 Å². The van der Waals surface area contributed by atoms with Crippen LogP contribution in [0.4, 0.5) is 11.4 Å². The first-order chi connectivity index (χ1) is 9.95. The summed E-state index contributed by atoms with van der Waals surface area (Å²) in [4.78, 5) is 11.1. The zero-order valence-electron chi connectivity index (χ0n) is 12.0. The molecule has 0 aliphatic rings. The Hall–Kier alpha value is -2.69. The molecular weight excluding hydrogens is 268 g/mol. The summed E-state index contributed by atoms with van der Waals surface area (Å²) in [5.74, 6) is -0.0198. The first-order valence-corrected chi connectivity index (χ1v) is 6.58. The number of nitrogens with one attached hydrogen (secondary N) is 2. The third-order valence-electron chi connectivity index (χ3n) is 3.09. The van der Waals surface area contributed by atoms with Gasteiger partial charge >= 0.3 is 0 Å². The van der Waals surface area contributed by atoms with Gasteiger partial charge in [-0.1, -0.05) is 0 Å². The van der Waals surface area contributed by atoms with Crippen molar-refractivity contribution in [1.82, 2.24) is 0 Å². The van der Waals surface area contributed by atoms with E-state index in [1.807, 2.05) is 25.1 Å². The van der Waals surface area contributed by atoms with Crippen LogP contribution in [-0.4, -0.2) is 16.1 Å².